The quantitative estimate of drug-likeness (QED) is 0.525. The van der Waals surface area contributed by atoms with Gasteiger partial charge in [0.05, 0.1) is 28.8 Å². The van der Waals surface area contributed by atoms with Crippen molar-refractivity contribution in [3.05, 3.63) is 52.6 Å². The molecule has 0 unspecified atom stereocenters. The Bertz CT molecular complexity index is 1140. The van der Waals surface area contributed by atoms with Gasteiger partial charge in [-0.15, -0.1) is 21.5 Å². The molecule has 148 valence electrons. The molecule has 0 aromatic carbocycles. The summed E-state index contributed by atoms with van der Waals surface area (Å²) in [5.41, 5.74) is 2.03. The summed E-state index contributed by atoms with van der Waals surface area (Å²) in [5, 5.41) is 9.23. The molecule has 29 heavy (non-hydrogen) atoms. The lowest BCUT2D eigenvalue weighted by molar-refractivity contribution is -0.137. The molecule has 4 aromatic rings. The van der Waals surface area contributed by atoms with E-state index in [1.807, 2.05) is 34.2 Å². The zero-order valence-corrected chi connectivity index (χ0v) is 16.9. The van der Waals surface area contributed by atoms with Gasteiger partial charge in [-0.1, -0.05) is 11.6 Å². The van der Waals surface area contributed by atoms with Crippen molar-refractivity contribution in [1.82, 2.24) is 30.0 Å². The van der Waals surface area contributed by atoms with E-state index in [2.05, 4.69) is 20.2 Å². The number of pyridine rings is 1. The van der Waals surface area contributed by atoms with Gasteiger partial charge in [0, 0.05) is 42.1 Å². The van der Waals surface area contributed by atoms with Gasteiger partial charge in [0.2, 0.25) is 11.8 Å². The van der Waals surface area contributed by atoms with Crippen LogP contribution in [0, 0.1) is 0 Å². The van der Waals surface area contributed by atoms with Crippen molar-refractivity contribution in [2.45, 2.75) is 13.1 Å². The van der Waals surface area contributed by atoms with E-state index in [0.29, 0.717) is 42.3 Å². The average molecular weight is 429 g/mol. The third-order valence-corrected chi connectivity index (χ3v) is 6.06. The van der Waals surface area contributed by atoms with Crippen molar-refractivity contribution in [3.8, 4) is 10.8 Å². The molecular formula is C19H17ClN6O2S. The Morgan fingerprint density at radius 2 is 2.14 bits per heavy atom. The number of nitrogens with one attached hydrogen (secondary N) is 1. The molecule has 0 saturated carbocycles. The van der Waals surface area contributed by atoms with E-state index >= 15 is 0 Å². The lowest BCUT2D eigenvalue weighted by Crippen LogP contribution is -2.49. The summed E-state index contributed by atoms with van der Waals surface area (Å²) < 4.78 is 6.40. The van der Waals surface area contributed by atoms with Gasteiger partial charge in [0.15, 0.2) is 0 Å². The molecule has 5 rings (SSSR count). The second-order valence-corrected chi connectivity index (χ2v) is 8.60. The molecule has 1 saturated heterocycles. The summed E-state index contributed by atoms with van der Waals surface area (Å²) >= 11 is 7.35. The molecule has 1 fully saturated rings. The first-order valence-corrected chi connectivity index (χ1v) is 10.3. The maximum absolute atomic E-state index is 12.6. The summed E-state index contributed by atoms with van der Waals surface area (Å²) in [6, 6.07) is 7.62. The number of aromatic amines is 1. The zero-order valence-electron chi connectivity index (χ0n) is 15.3. The van der Waals surface area contributed by atoms with Crippen LogP contribution < -0.4 is 0 Å². The number of hydrogen-bond donors (Lipinski definition) is 1. The molecule has 4 aromatic heterocycles. The van der Waals surface area contributed by atoms with E-state index in [9.17, 15) is 4.79 Å². The molecule has 0 spiro atoms. The van der Waals surface area contributed by atoms with Crippen LogP contribution in [-0.2, 0) is 17.9 Å². The molecule has 10 heteroatoms. The Morgan fingerprint density at radius 1 is 1.21 bits per heavy atom. The van der Waals surface area contributed by atoms with Crippen LogP contribution in [0.2, 0.25) is 4.34 Å². The van der Waals surface area contributed by atoms with Crippen LogP contribution in [0.4, 0.5) is 0 Å². The highest BCUT2D eigenvalue weighted by Crippen LogP contribution is 2.30. The molecule has 0 radical (unpaired) electrons. The van der Waals surface area contributed by atoms with E-state index in [0.717, 1.165) is 28.0 Å². The standard InChI is InChI=1S/C19H17ClN6O2S/c20-16-2-1-15(29-16)19-24-23-17(28-19)10-25-5-6-26(18(27)11-25)9-13-7-12-8-21-4-3-14(12)22-13/h1-4,7-8,22H,5-6,9-11H2. The van der Waals surface area contributed by atoms with E-state index in [1.165, 1.54) is 11.3 Å². The number of carbonyl (C=O) groups excluding carboxylic acids is 1. The maximum Gasteiger partial charge on any atom is 0.257 e. The van der Waals surface area contributed by atoms with E-state index in [4.69, 9.17) is 16.0 Å². The van der Waals surface area contributed by atoms with Gasteiger partial charge < -0.3 is 14.3 Å². The molecular weight excluding hydrogens is 412 g/mol. The Balaban J connectivity index is 1.20. The van der Waals surface area contributed by atoms with Crippen LogP contribution >= 0.6 is 22.9 Å². The predicted molar refractivity (Wildman–Crippen MR) is 109 cm³/mol. The first kappa shape index (κ1) is 18.3. The summed E-state index contributed by atoms with van der Waals surface area (Å²) in [4.78, 5) is 24.8. The number of H-pyrrole nitrogens is 1. The third kappa shape index (κ3) is 3.89. The molecule has 0 bridgehead atoms. The van der Waals surface area contributed by atoms with Gasteiger partial charge in [0.25, 0.3) is 5.89 Å². The maximum atomic E-state index is 12.6. The average Bonchev–Trinajstić information content (AvgIpc) is 3.43. The van der Waals surface area contributed by atoms with E-state index in [-0.39, 0.29) is 5.91 Å². The number of rotatable bonds is 5. The minimum Gasteiger partial charge on any atom is -0.419 e. The second-order valence-electron chi connectivity index (χ2n) is 6.89. The van der Waals surface area contributed by atoms with Crippen molar-refractivity contribution < 1.29 is 9.21 Å². The zero-order chi connectivity index (χ0) is 19.8. The molecule has 8 nitrogen and oxygen atoms in total. The minimum atomic E-state index is 0.0813. The highest BCUT2D eigenvalue weighted by atomic mass is 35.5. The number of hydrogen-bond acceptors (Lipinski definition) is 7. The minimum absolute atomic E-state index is 0.0813. The van der Waals surface area contributed by atoms with Crippen LogP contribution in [0.5, 0.6) is 0 Å². The first-order chi connectivity index (χ1) is 14.1. The molecule has 5 heterocycles. The highest BCUT2D eigenvalue weighted by molar-refractivity contribution is 7.19. The Labute approximate surface area is 175 Å². The number of halogens is 1. The number of carbonyl (C=O) groups is 1. The van der Waals surface area contributed by atoms with Crippen LogP contribution in [0.3, 0.4) is 0 Å². The van der Waals surface area contributed by atoms with E-state index in [1.54, 1.807) is 12.3 Å². The summed E-state index contributed by atoms with van der Waals surface area (Å²) in [5.74, 6) is 1.03. The smallest absolute Gasteiger partial charge is 0.257 e. The molecule has 1 aliphatic heterocycles. The van der Waals surface area contributed by atoms with Gasteiger partial charge >= 0.3 is 0 Å². The van der Waals surface area contributed by atoms with Gasteiger partial charge in [-0.2, -0.15) is 0 Å². The van der Waals surface area contributed by atoms with Crippen LogP contribution in [0.15, 0.2) is 41.1 Å². The second kappa shape index (κ2) is 7.58. The summed E-state index contributed by atoms with van der Waals surface area (Å²) in [6.45, 7) is 2.73. The van der Waals surface area contributed by atoms with Crippen molar-refractivity contribution in [1.29, 1.82) is 0 Å². The monoisotopic (exact) mass is 428 g/mol. The number of fused-ring (bicyclic) bond motifs is 1. The van der Waals surface area contributed by atoms with Gasteiger partial charge in [-0.25, -0.2) is 0 Å². The SMILES string of the molecule is O=C1CN(Cc2nnc(-c3ccc(Cl)s3)o2)CCN1Cc1cc2cnccc2[nH]1. The number of aromatic nitrogens is 4. The lowest BCUT2D eigenvalue weighted by Gasteiger charge is -2.33. The van der Waals surface area contributed by atoms with Crippen molar-refractivity contribution in [3.63, 3.8) is 0 Å². The third-order valence-electron chi connectivity index (χ3n) is 4.85. The first-order valence-electron chi connectivity index (χ1n) is 9.14. The molecule has 1 aliphatic rings. The Morgan fingerprint density at radius 3 is 2.93 bits per heavy atom. The van der Waals surface area contributed by atoms with E-state index < -0.39 is 0 Å². The number of amides is 1. The van der Waals surface area contributed by atoms with Crippen LogP contribution in [0.25, 0.3) is 21.7 Å². The fourth-order valence-electron chi connectivity index (χ4n) is 3.42. The molecule has 0 atom stereocenters. The molecule has 1 amide bonds. The van der Waals surface area contributed by atoms with Crippen molar-refractivity contribution >= 4 is 39.7 Å². The fraction of sp³-hybridized carbons (Fsp3) is 0.263. The lowest BCUT2D eigenvalue weighted by atomic mass is 10.2. The number of piperazine rings is 1. The largest absolute Gasteiger partial charge is 0.419 e. The predicted octanol–water partition coefficient (Wildman–Crippen LogP) is 3.17. The summed E-state index contributed by atoms with van der Waals surface area (Å²) in [7, 11) is 0. The highest BCUT2D eigenvalue weighted by Gasteiger charge is 2.26. The molecule has 0 aliphatic carbocycles. The molecule has 1 N–H and O–H groups in total. The van der Waals surface area contributed by atoms with Gasteiger partial charge in [-0.05, 0) is 24.3 Å². The van der Waals surface area contributed by atoms with Gasteiger partial charge in [0.1, 0.15) is 0 Å². The van der Waals surface area contributed by atoms with Gasteiger partial charge in [-0.3, -0.25) is 14.7 Å². The van der Waals surface area contributed by atoms with Crippen molar-refractivity contribution in [2.75, 3.05) is 19.6 Å². The van der Waals surface area contributed by atoms with Crippen molar-refractivity contribution in [2.24, 2.45) is 0 Å². The Hall–Kier alpha value is -2.75. The number of thiophene rings is 1. The Kier molecular flexibility index (Phi) is 4.78. The fourth-order valence-corrected chi connectivity index (χ4v) is 4.38. The summed E-state index contributed by atoms with van der Waals surface area (Å²) in [6.07, 6.45) is 3.57. The normalized spacial score (nSPS) is 15.5. The van der Waals surface area contributed by atoms with Crippen LogP contribution in [0.1, 0.15) is 11.6 Å². The number of nitrogens with zero attached hydrogens (tertiary/aromatic N) is 5. The van der Waals surface area contributed by atoms with Crippen LogP contribution in [-0.4, -0.2) is 55.5 Å². The topological polar surface area (TPSA) is 91.2 Å².